The van der Waals surface area contributed by atoms with Gasteiger partial charge in [0.2, 0.25) is 0 Å². The summed E-state index contributed by atoms with van der Waals surface area (Å²) in [6.45, 7) is 4.02. The molecular weight excluding hydrogens is 293 g/mol. The first kappa shape index (κ1) is 17.0. The Labute approximate surface area is 129 Å². The van der Waals surface area contributed by atoms with Gasteiger partial charge in [-0.1, -0.05) is 0 Å². The van der Waals surface area contributed by atoms with E-state index in [1.807, 2.05) is 0 Å². The number of benzene rings is 1. The summed E-state index contributed by atoms with van der Waals surface area (Å²) >= 11 is 0. The van der Waals surface area contributed by atoms with Crippen LogP contribution in [0.1, 0.15) is 27.7 Å². The van der Waals surface area contributed by atoms with Gasteiger partial charge in [-0.15, -0.1) is 5.46 Å². The summed E-state index contributed by atoms with van der Waals surface area (Å²) in [7, 11) is 2.93. The van der Waals surface area contributed by atoms with Crippen LogP contribution in [0.4, 0.5) is 8.78 Å². The molecule has 0 atom stereocenters. The lowest BCUT2D eigenvalue weighted by molar-refractivity contribution is 0.00578. The highest BCUT2D eigenvalue weighted by atomic mass is 19.3. The van der Waals surface area contributed by atoms with Crippen molar-refractivity contribution in [2.24, 2.45) is 0 Å². The molecule has 4 nitrogen and oxygen atoms in total. The molecule has 1 saturated heterocycles. The van der Waals surface area contributed by atoms with Crippen LogP contribution in [-0.2, 0) is 9.31 Å². The van der Waals surface area contributed by atoms with Gasteiger partial charge in [0.25, 0.3) is 0 Å². The molecule has 0 aromatic heterocycles. The molecule has 0 N–H and O–H groups in total. The van der Waals surface area contributed by atoms with Crippen LogP contribution in [0.15, 0.2) is 18.2 Å². The van der Waals surface area contributed by atoms with Crippen LogP contribution in [0.25, 0.3) is 0 Å². The van der Waals surface area contributed by atoms with Crippen molar-refractivity contribution in [2.75, 3.05) is 14.2 Å². The Morgan fingerprint density at radius 3 is 1.64 bits per heavy atom. The SMILES string of the molecule is COc1cc(OC)cc([B-]2(C(F)F)OC(C)(C)C(C)(C)O2)c1. The second-order valence-corrected chi connectivity index (χ2v) is 6.51. The van der Waals surface area contributed by atoms with Crippen molar-refractivity contribution >= 4 is 12.0 Å². The van der Waals surface area contributed by atoms with E-state index in [2.05, 4.69) is 0 Å². The number of ether oxygens (including phenoxy) is 2. The average molecular weight is 315 g/mol. The minimum Gasteiger partial charge on any atom is -0.555 e. The first-order chi connectivity index (χ1) is 10.1. The number of hydrogen-bond donors (Lipinski definition) is 0. The Bertz CT molecular complexity index is 522. The van der Waals surface area contributed by atoms with Crippen LogP contribution in [0.2, 0.25) is 0 Å². The molecule has 0 saturated carbocycles. The maximum atomic E-state index is 13.9. The fraction of sp³-hybridized carbons (Fsp3) is 0.600. The zero-order chi connectivity index (χ0) is 16.8. The zero-order valence-corrected chi connectivity index (χ0v) is 13.8. The fourth-order valence-corrected chi connectivity index (χ4v) is 2.63. The summed E-state index contributed by atoms with van der Waals surface area (Å²) < 4.78 is 49.7. The van der Waals surface area contributed by atoms with Gasteiger partial charge < -0.3 is 18.8 Å². The summed E-state index contributed by atoms with van der Waals surface area (Å²) in [6.07, 6.45) is -2.81. The highest BCUT2D eigenvalue weighted by Crippen LogP contribution is 2.44. The lowest BCUT2D eigenvalue weighted by Gasteiger charge is -2.37. The molecule has 7 heteroatoms. The van der Waals surface area contributed by atoms with E-state index in [0.717, 1.165) is 0 Å². The third kappa shape index (κ3) is 2.56. The molecule has 0 amide bonds. The van der Waals surface area contributed by atoms with E-state index in [9.17, 15) is 8.78 Å². The highest BCUT2D eigenvalue weighted by Gasteiger charge is 2.56. The van der Waals surface area contributed by atoms with Crippen molar-refractivity contribution in [3.05, 3.63) is 18.2 Å². The number of halogens is 2. The molecule has 0 bridgehead atoms. The van der Waals surface area contributed by atoms with E-state index < -0.39 is 24.1 Å². The van der Waals surface area contributed by atoms with Gasteiger partial charge in [-0.25, -0.2) is 8.78 Å². The van der Waals surface area contributed by atoms with Crippen LogP contribution in [-0.4, -0.2) is 38.3 Å². The van der Waals surface area contributed by atoms with Crippen molar-refractivity contribution in [3.63, 3.8) is 0 Å². The summed E-state index contributed by atoms with van der Waals surface area (Å²) in [4.78, 5) is 0. The molecule has 22 heavy (non-hydrogen) atoms. The van der Waals surface area contributed by atoms with Crippen molar-refractivity contribution in [1.29, 1.82) is 0 Å². The first-order valence-corrected chi connectivity index (χ1v) is 7.14. The van der Waals surface area contributed by atoms with E-state index in [1.165, 1.54) is 26.4 Å². The molecule has 1 aliphatic rings. The summed E-state index contributed by atoms with van der Waals surface area (Å²) in [5.41, 5.74) is -1.50. The smallest absolute Gasteiger partial charge is 0.338 e. The predicted molar refractivity (Wildman–Crippen MR) is 81.3 cm³/mol. The zero-order valence-electron chi connectivity index (χ0n) is 13.8. The topological polar surface area (TPSA) is 36.9 Å². The van der Waals surface area contributed by atoms with Crippen molar-refractivity contribution in [1.82, 2.24) is 0 Å². The second kappa shape index (κ2) is 5.39. The Balaban J connectivity index is 2.60. The molecule has 124 valence electrons. The predicted octanol–water partition coefficient (Wildman–Crippen LogP) is 2.76. The third-order valence-corrected chi connectivity index (χ3v) is 4.56. The average Bonchev–Trinajstić information content (AvgIpc) is 2.64. The summed E-state index contributed by atoms with van der Waals surface area (Å²) in [5.74, 6) is 0.817. The lowest BCUT2D eigenvalue weighted by atomic mass is 9.51. The van der Waals surface area contributed by atoms with Crippen LogP contribution >= 0.6 is 0 Å². The van der Waals surface area contributed by atoms with Gasteiger partial charge in [0.05, 0.1) is 14.2 Å². The molecule has 0 radical (unpaired) electrons. The van der Waals surface area contributed by atoms with E-state index in [4.69, 9.17) is 18.8 Å². The van der Waals surface area contributed by atoms with Crippen LogP contribution in [0.3, 0.4) is 0 Å². The highest BCUT2D eigenvalue weighted by molar-refractivity contribution is 6.82. The van der Waals surface area contributed by atoms with Crippen molar-refractivity contribution in [2.45, 2.75) is 45.2 Å². The largest absolute Gasteiger partial charge is 0.555 e. The van der Waals surface area contributed by atoms with E-state index in [-0.39, 0.29) is 5.46 Å². The Morgan fingerprint density at radius 1 is 0.909 bits per heavy atom. The lowest BCUT2D eigenvalue weighted by Crippen LogP contribution is -2.58. The van der Waals surface area contributed by atoms with Gasteiger partial charge in [0.15, 0.2) is 6.32 Å². The molecule has 1 aliphatic heterocycles. The Morgan fingerprint density at radius 2 is 1.32 bits per heavy atom. The molecule has 1 aromatic rings. The molecule has 1 fully saturated rings. The number of alkyl halides is 2. The quantitative estimate of drug-likeness (QED) is 0.801. The Hall–Kier alpha value is -1.34. The molecule has 2 rings (SSSR count). The number of methoxy groups -OCH3 is 2. The van der Waals surface area contributed by atoms with Gasteiger partial charge in [-0.05, 0) is 39.8 Å². The number of rotatable bonds is 4. The molecular formula is C15H22BF2O4-. The molecule has 0 unspecified atom stereocenters. The van der Waals surface area contributed by atoms with Gasteiger partial charge in [-0.3, -0.25) is 0 Å². The summed E-state index contributed by atoms with van der Waals surface area (Å²) in [6, 6.07) is 4.63. The van der Waals surface area contributed by atoms with E-state index in [1.54, 1.807) is 33.8 Å². The minimum atomic E-state index is -2.96. The van der Waals surface area contributed by atoms with Gasteiger partial charge in [0.1, 0.15) is 11.5 Å². The summed E-state index contributed by atoms with van der Waals surface area (Å²) in [5, 5.41) is 0. The first-order valence-electron chi connectivity index (χ1n) is 7.14. The fourth-order valence-electron chi connectivity index (χ4n) is 2.63. The van der Waals surface area contributed by atoms with Gasteiger partial charge in [-0.2, -0.15) is 0 Å². The number of hydrogen-bond acceptors (Lipinski definition) is 4. The van der Waals surface area contributed by atoms with Gasteiger partial charge >= 0.3 is 6.55 Å². The van der Waals surface area contributed by atoms with Crippen LogP contribution in [0, 0.1) is 0 Å². The van der Waals surface area contributed by atoms with E-state index >= 15 is 0 Å². The van der Waals surface area contributed by atoms with Crippen LogP contribution < -0.4 is 14.9 Å². The minimum absolute atomic E-state index is 0.227. The standard InChI is InChI=1S/C15H22BF2O4/c1-14(2)15(3,4)22-16(21-14,13(17)18)10-7-11(19-5)9-12(8-10)20-6/h7-9,13H,1-6H3/q-1. The van der Waals surface area contributed by atoms with Gasteiger partial charge in [0, 0.05) is 17.3 Å². The van der Waals surface area contributed by atoms with Crippen molar-refractivity contribution < 1.29 is 27.6 Å². The van der Waals surface area contributed by atoms with Crippen LogP contribution in [0.5, 0.6) is 11.5 Å². The van der Waals surface area contributed by atoms with Crippen molar-refractivity contribution in [3.8, 4) is 11.5 Å². The molecule has 0 aliphatic carbocycles. The molecule has 0 spiro atoms. The molecule has 1 heterocycles. The third-order valence-electron chi connectivity index (χ3n) is 4.56. The maximum Gasteiger partial charge on any atom is 0.338 e. The maximum absolute atomic E-state index is 13.9. The monoisotopic (exact) mass is 315 g/mol. The molecule has 1 aromatic carbocycles. The second-order valence-electron chi connectivity index (χ2n) is 6.51. The van der Waals surface area contributed by atoms with E-state index in [0.29, 0.717) is 11.5 Å². The normalized spacial score (nSPS) is 21.9. The Kier molecular flexibility index (Phi) is 4.17.